The number of methoxy groups -OCH3 is 2. The fourth-order valence-electron chi connectivity index (χ4n) is 3.67. The van der Waals surface area contributed by atoms with Crippen LogP contribution in [0, 0.1) is 0 Å². The van der Waals surface area contributed by atoms with Crippen molar-refractivity contribution >= 4 is 11.6 Å². The minimum absolute atomic E-state index is 0.00412. The number of hydrogen-bond acceptors (Lipinski definition) is 7. The molecule has 8 nitrogen and oxygen atoms in total. The first-order chi connectivity index (χ1) is 15.6. The molecule has 1 fully saturated rings. The predicted molar refractivity (Wildman–Crippen MR) is 119 cm³/mol. The van der Waals surface area contributed by atoms with Gasteiger partial charge in [0.2, 0.25) is 17.6 Å². The van der Waals surface area contributed by atoms with E-state index in [1.807, 2.05) is 30.3 Å². The number of amides is 1. The number of carbonyl (C=O) groups excluding carboxylic acids is 1. The smallest absolute Gasteiger partial charge is 0.232 e. The molecule has 168 valence electrons. The third-order valence-electron chi connectivity index (χ3n) is 5.47. The van der Waals surface area contributed by atoms with Gasteiger partial charge in [-0.25, -0.2) is 0 Å². The second-order valence-corrected chi connectivity index (χ2v) is 7.63. The van der Waals surface area contributed by atoms with Crippen molar-refractivity contribution in [3.63, 3.8) is 0 Å². The van der Waals surface area contributed by atoms with Gasteiger partial charge >= 0.3 is 0 Å². The van der Waals surface area contributed by atoms with Crippen LogP contribution in [0.2, 0.25) is 0 Å². The van der Waals surface area contributed by atoms with Gasteiger partial charge in [0, 0.05) is 30.3 Å². The van der Waals surface area contributed by atoms with Crippen molar-refractivity contribution in [3.8, 4) is 28.6 Å². The van der Waals surface area contributed by atoms with E-state index in [9.17, 15) is 4.79 Å². The van der Waals surface area contributed by atoms with Gasteiger partial charge in [-0.15, -0.1) is 0 Å². The minimum atomic E-state index is -0.173. The number of rotatable bonds is 9. The maximum Gasteiger partial charge on any atom is 0.232 e. The minimum Gasteiger partial charge on any atom is -0.494 e. The molecule has 8 heteroatoms. The largest absolute Gasteiger partial charge is 0.494 e. The number of aromatic nitrogens is 2. The molecular weight excluding hydrogens is 410 g/mol. The molecule has 1 saturated heterocycles. The highest BCUT2D eigenvalue weighted by Gasteiger charge is 2.35. The van der Waals surface area contributed by atoms with Crippen LogP contribution in [0.5, 0.6) is 17.2 Å². The Hall–Kier alpha value is -3.55. The van der Waals surface area contributed by atoms with Crippen LogP contribution in [0.25, 0.3) is 11.4 Å². The number of unbranched alkanes of at least 4 members (excludes halogenated alkanes) is 1. The molecule has 0 aliphatic carbocycles. The summed E-state index contributed by atoms with van der Waals surface area (Å²) in [6.07, 6.45) is 2.42. The Morgan fingerprint density at radius 3 is 2.59 bits per heavy atom. The van der Waals surface area contributed by atoms with Gasteiger partial charge in [-0.3, -0.25) is 4.79 Å². The number of benzene rings is 2. The van der Waals surface area contributed by atoms with E-state index in [0.717, 1.165) is 29.8 Å². The highest BCUT2D eigenvalue weighted by molar-refractivity contribution is 5.96. The molecule has 1 aromatic heterocycles. The Kier molecular flexibility index (Phi) is 6.58. The zero-order valence-corrected chi connectivity index (χ0v) is 18.5. The van der Waals surface area contributed by atoms with Crippen LogP contribution >= 0.6 is 0 Å². The number of hydrogen-bond donors (Lipinski definition) is 0. The van der Waals surface area contributed by atoms with Crippen LogP contribution in [0.1, 0.15) is 38.0 Å². The number of carbonyl (C=O) groups is 1. The summed E-state index contributed by atoms with van der Waals surface area (Å²) in [4.78, 5) is 18.9. The van der Waals surface area contributed by atoms with Crippen molar-refractivity contribution in [2.75, 3.05) is 32.3 Å². The molecular formula is C24H27N3O5. The Labute approximate surface area is 187 Å². The third kappa shape index (κ3) is 4.54. The molecule has 0 radical (unpaired) electrons. The maximum absolute atomic E-state index is 12.7. The molecule has 32 heavy (non-hydrogen) atoms. The Morgan fingerprint density at radius 1 is 1.09 bits per heavy atom. The van der Waals surface area contributed by atoms with Gasteiger partial charge in [0.05, 0.1) is 26.7 Å². The quantitative estimate of drug-likeness (QED) is 0.457. The van der Waals surface area contributed by atoms with E-state index in [0.29, 0.717) is 42.8 Å². The number of nitrogens with zero attached hydrogens (tertiary/aromatic N) is 3. The average Bonchev–Trinajstić information content (AvgIpc) is 3.46. The Balaban J connectivity index is 1.45. The number of anilines is 1. The van der Waals surface area contributed by atoms with E-state index >= 15 is 0 Å². The summed E-state index contributed by atoms with van der Waals surface area (Å²) in [5, 5.41) is 4.12. The normalized spacial score (nSPS) is 15.8. The van der Waals surface area contributed by atoms with Crippen LogP contribution in [-0.4, -0.2) is 43.4 Å². The fourth-order valence-corrected chi connectivity index (χ4v) is 3.67. The lowest BCUT2D eigenvalue weighted by Crippen LogP contribution is -2.24. The Bertz CT molecular complexity index is 1060. The second kappa shape index (κ2) is 9.72. The van der Waals surface area contributed by atoms with Gasteiger partial charge in [-0.05, 0) is 42.8 Å². The van der Waals surface area contributed by atoms with Gasteiger partial charge in [0.1, 0.15) is 5.75 Å². The lowest BCUT2D eigenvalue weighted by molar-refractivity contribution is -0.117. The molecule has 2 aromatic carbocycles. The third-order valence-corrected chi connectivity index (χ3v) is 5.47. The number of ether oxygens (including phenoxy) is 3. The van der Waals surface area contributed by atoms with E-state index in [4.69, 9.17) is 18.7 Å². The molecule has 1 unspecified atom stereocenters. The van der Waals surface area contributed by atoms with Gasteiger partial charge in [-0.2, -0.15) is 4.98 Å². The van der Waals surface area contributed by atoms with Crippen molar-refractivity contribution < 1.29 is 23.5 Å². The van der Waals surface area contributed by atoms with Gasteiger partial charge in [-0.1, -0.05) is 18.5 Å². The van der Waals surface area contributed by atoms with Crippen molar-refractivity contribution in [3.05, 3.63) is 48.4 Å². The molecule has 3 aromatic rings. The van der Waals surface area contributed by atoms with Gasteiger partial charge in [0.25, 0.3) is 0 Å². The van der Waals surface area contributed by atoms with Crippen LogP contribution in [0.3, 0.4) is 0 Å². The van der Waals surface area contributed by atoms with Gasteiger partial charge < -0.3 is 23.6 Å². The van der Waals surface area contributed by atoms with E-state index < -0.39 is 0 Å². The van der Waals surface area contributed by atoms with Crippen LogP contribution in [0.4, 0.5) is 5.69 Å². The highest BCUT2D eigenvalue weighted by Crippen LogP contribution is 2.36. The van der Waals surface area contributed by atoms with Crippen molar-refractivity contribution in [1.29, 1.82) is 0 Å². The summed E-state index contributed by atoms with van der Waals surface area (Å²) in [6.45, 7) is 3.29. The first-order valence-corrected chi connectivity index (χ1v) is 10.7. The second-order valence-electron chi connectivity index (χ2n) is 7.63. The molecule has 0 bridgehead atoms. The van der Waals surface area contributed by atoms with Crippen LogP contribution in [0.15, 0.2) is 47.0 Å². The summed E-state index contributed by atoms with van der Waals surface area (Å²) in [5.41, 5.74) is 1.58. The standard InChI is InChI=1S/C24H27N3O5/c1-4-5-12-31-19-9-6-16(7-10-19)23-25-24(32-26-23)17-13-22(28)27(15-17)18-8-11-20(29-2)21(14-18)30-3/h6-11,14,17H,4-5,12-13,15H2,1-3H3. The van der Waals surface area contributed by atoms with Crippen LogP contribution in [-0.2, 0) is 4.79 Å². The molecule has 0 spiro atoms. The molecule has 1 atom stereocenters. The molecule has 0 N–H and O–H groups in total. The molecule has 0 saturated carbocycles. The van der Waals surface area contributed by atoms with E-state index in [1.165, 1.54) is 0 Å². The van der Waals surface area contributed by atoms with E-state index in [2.05, 4.69) is 17.1 Å². The maximum atomic E-state index is 12.7. The summed E-state index contributed by atoms with van der Waals surface area (Å²) in [6, 6.07) is 13.0. The summed E-state index contributed by atoms with van der Waals surface area (Å²) in [7, 11) is 3.15. The average molecular weight is 437 g/mol. The monoisotopic (exact) mass is 437 g/mol. The SMILES string of the molecule is CCCCOc1ccc(-c2noc(C3CC(=O)N(c4ccc(OC)c(OC)c4)C3)n2)cc1. The molecule has 1 aliphatic heterocycles. The summed E-state index contributed by atoms with van der Waals surface area (Å²) >= 11 is 0. The highest BCUT2D eigenvalue weighted by atomic mass is 16.5. The van der Waals surface area contributed by atoms with Gasteiger partial charge in [0.15, 0.2) is 11.5 Å². The molecule has 1 amide bonds. The molecule has 2 heterocycles. The predicted octanol–water partition coefficient (Wildman–Crippen LogP) is 4.45. The Morgan fingerprint density at radius 2 is 1.88 bits per heavy atom. The topological polar surface area (TPSA) is 86.9 Å². The molecule has 4 rings (SSSR count). The molecule has 1 aliphatic rings. The van der Waals surface area contributed by atoms with E-state index in [1.54, 1.807) is 31.3 Å². The van der Waals surface area contributed by atoms with E-state index in [-0.39, 0.29) is 11.8 Å². The first kappa shape index (κ1) is 21.7. The van der Waals surface area contributed by atoms with Crippen molar-refractivity contribution in [2.24, 2.45) is 0 Å². The zero-order valence-electron chi connectivity index (χ0n) is 18.5. The lowest BCUT2D eigenvalue weighted by atomic mass is 10.1. The zero-order chi connectivity index (χ0) is 22.5. The first-order valence-electron chi connectivity index (χ1n) is 10.7. The van der Waals surface area contributed by atoms with Crippen molar-refractivity contribution in [1.82, 2.24) is 10.1 Å². The van der Waals surface area contributed by atoms with Crippen LogP contribution < -0.4 is 19.1 Å². The lowest BCUT2D eigenvalue weighted by Gasteiger charge is -2.18. The summed E-state index contributed by atoms with van der Waals surface area (Å²) in [5.74, 6) is 2.78. The fraction of sp³-hybridized carbons (Fsp3) is 0.375. The van der Waals surface area contributed by atoms with Crippen molar-refractivity contribution in [2.45, 2.75) is 32.1 Å². The summed E-state index contributed by atoms with van der Waals surface area (Å²) < 4.78 is 21.8.